The minimum atomic E-state index is -3.31. The van der Waals surface area contributed by atoms with E-state index in [-0.39, 0.29) is 42.5 Å². The van der Waals surface area contributed by atoms with Gasteiger partial charge in [0.05, 0.1) is 30.2 Å². The molecule has 0 aromatic carbocycles. The first kappa shape index (κ1) is 20.9. The second kappa shape index (κ2) is 8.27. The predicted octanol–water partition coefficient (Wildman–Crippen LogP) is 0.480. The molecule has 2 aromatic rings. The maximum atomic E-state index is 13.2. The second-order valence-corrected chi connectivity index (χ2v) is 9.33. The Bertz CT molecular complexity index is 1100. The van der Waals surface area contributed by atoms with Gasteiger partial charge in [-0.15, -0.1) is 0 Å². The number of hydrogen-bond donors (Lipinski definition) is 2. The van der Waals surface area contributed by atoms with Gasteiger partial charge in [-0.1, -0.05) is 13.3 Å². The molecule has 0 saturated carbocycles. The van der Waals surface area contributed by atoms with Crippen molar-refractivity contribution in [2.75, 3.05) is 22.1 Å². The number of nitrogens with two attached hydrogens (primary N) is 1. The van der Waals surface area contributed by atoms with Crippen LogP contribution in [-0.4, -0.2) is 35.4 Å². The molecule has 3 heterocycles. The predicted molar refractivity (Wildman–Crippen MR) is 107 cm³/mol. The lowest BCUT2D eigenvalue weighted by atomic mass is 10.1. The molecule has 29 heavy (non-hydrogen) atoms. The fourth-order valence-electron chi connectivity index (χ4n) is 3.41. The average Bonchev–Trinajstić information content (AvgIpc) is 3.29. The van der Waals surface area contributed by atoms with Crippen LogP contribution >= 0.6 is 0 Å². The first-order valence-corrected chi connectivity index (χ1v) is 11.2. The van der Waals surface area contributed by atoms with Crippen LogP contribution in [-0.2, 0) is 27.7 Å². The molecule has 0 bridgehead atoms. The Balaban J connectivity index is 2.08. The number of furan rings is 1. The fourth-order valence-corrected chi connectivity index (χ4v) is 5.14. The highest BCUT2D eigenvalue weighted by Gasteiger charge is 2.37. The van der Waals surface area contributed by atoms with E-state index in [1.54, 1.807) is 12.1 Å². The molecule has 0 aliphatic carbocycles. The lowest BCUT2D eigenvalue weighted by Gasteiger charge is -2.26. The zero-order chi connectivity index (χ0) is 21.2. The number of aromatic nitrogens is 2. The summed E-state index contributed by atoms with van der Waals surface area (Å²) in [6, 6.07) is 3.26. The van der Waals surface area contributed by atoms with Crippen LogP contribution in [0.2, 0.25) is 0 Å². The van der Waals surface area contributed by atoms with Crippen LogP contribution in [0.5, 0.6) is 0 Å². The SMILES string of the molecule is CCCCn1c(N)c(N(Cc2ccco2)C(=O)[C@@H]2CCS(=O)(=O)C2)c(=O)[nH]c1=O. The number of unbranched alkanes of at least 4 members (excludes halogenated alkanes) is 1. The maximum Gasteiger partial charge on any atom is 0.330 e. The summed E-state index contributed by atoms with van der Waals surface area (Å²) in [5, 5.41) is 0. The van der Waals surface area contributed by atoms with Crippen LogP contribution in [0.4, 0.5) is 11.5 Å². The molecule has 0 unspecified atom stereocenters. The van der Waals surface area contributed by atoms with Crippen molar-refractivity contribution in [3.63, 3.8) is 0 Å². The molecule has 1 atom stereocenters. The van der Waals surface area contributed by atoms with E-state index in [1.807, 2.05) is 6.92 Å². The zero-order valence-electron chi connectivity index (χ0n) is 16.1. The first-order chi connectivity index (χ1) is 13.7. The number of carbonyl (C=O) groups excluding carboxylic acids is 1. The Kier molecular flexibility index (Phi) is 5.96. The first-order valence-electron chi connectivity index (χ1n) is 9.40. The Labute approximate surface area is 167 Å². The number of hydrogen-bond acceptors (Lipinski definition) is 7. The van der Waals surface area contributed by atoms with E-state index in [9.17, 15) is 22.8 Å². The molecule has 1 amide bonds. The smallest absolute Gasteiger partial charge is 0.330 e. The van der Waals surface area contributed by atoms with Crippen molar-refractivity contribution in [1.82, 2.24) is 9.55 Å². The van der Waals surface area contributed by atoms with Gasteiger partial charge in [-0.3, -0.25) is 24.0 Å². The second-order valence-electron chi connectivity index (χ2n) is 7.10. The van der Waals surface area contributed by atoms with Crippen LogP contribution in [0.3, 0.4) is 0 Å². The largest absolute Gasteiger partial charge is 0.467 e. The number of sulfone groups is 1. The van der Waals surface area contributed by atoms with Crippen molar-refractivity contribution >= 4 is 27.2 Å². The standard InChI is InChI=1S/C18H24N4O6S/c1-2-3-7-21-15(19)14(16(23)20-18(21)25)22(10-13-5-4-8-28-13)17(24)12-6-9-29(26,27)11-12/h4-5,8,12H,2-3,6-7,9-11,19H2,1H3,(H,20,23,25)/t12-/m1/s1. The summed E-state index contributed by atoms with van der Waals surface area (Å²) in [6.07, 6.45) is 3.05. The van der Waals surface area contributed by atoms with Gasteiger partial charge >= 0.3 is 5.69 Å². The highest BCUT2D eigenvalue weighted by molar-refractivity contribution is 7.91. The average molecular weight is 424 g/mol. The molecule has 0 spiro atoms. The fraction of sp³-hybridized carbons (Fsp3) is 0.500. The number of nitrogens with zero attached hydrogens (tertiary/aromatic N) is 2. The van der Waals surface area contributed by atoms with E-state index >= 15 is 0 Å². The molecule has 3 rings (SSSR count). The highest BCUT2D eigenvalue weighted by atomic mass is 32.2. The van der Waals surface area contributed by atoms with Crippen LogP contribution in [0.1, 0.15) is 31.9 Å². The van der Waals surface area contributed by atoms with E-state index in [1.165, 1.54) is 10.8 Å². The molecule has 1 fully saturated rings. The normalized spacial score (nSPS) is 18.0. The van der Waals surface area contributed by atoms with Gasteiger partial charge in [-0.2, -0.15) is 0 Å². The number of anilines is 2. The number of amides is 1. The van der Waals surface area contributed by atoms with Gasteiger partial charge in [0.2, 0.25) is 5.91 Å². The van der Waals surface area contributed by atoms with Gasteiger partial charge in [-0.25, -0.2) is 13.2 Å². The molecule has 3 N–H and O–H groups in total. The van der Waals surface area contributed by atoms with E-state index < -0.39 is 32.9 Å². The number of rotatable bonds is 7. The summed E-state index contributed by atoms with van der Waals surface area (Å²) in [7, 11) is -3.31. The van der Waals surface area contributed by atoms with Crippen molar-refractivity contribution in [1.29, 1.82) is 0 Å². The molecule has 1 aliphatic heterocycles. The highest BCUT2D eigenvalue weighted by Crippen LogP contribution is 2.27. The Hall–Kier alpha value is -2.82. The molecule has 10 nitrogen and oxygen atoms in total. The minimum absolute atomic E-state index is 0.0835. The molecular weight excluding hydrogens is 400 g/mol. The quantitative estimate of drug-likeness (QED) is 0.656. The van der Waals surface area contributed by atoms with Crippen molar-refractivity contribution in [2.45, 2.75) is 39.3 Å². The molecule has 0 radical (unpaired) electrons. The number of aromatic amines is 1. The topological polar surface area (TPSA) is 148 Å². The Morgan fingerprint density at radius 2 is 2.17 bits per heavy atom. The van der Waals surface area contributed by atoms with Crippen LogP contribution in [0, 0.1) is 5.92 Å². The Morgan fingerprint density at radius 1 is 1.41 bits per heavy atom. The minimum Gasteiger partial charge on any atom is -0.467 e. The van der Waals surface area contributed by atoms with Gasteiger partial charge in [-0.05, 0) is 25.0 Å². The molecular formula is C18H24N4O6S. The Morgan fingerprint density at radius 3 is 2.76 bits per heavy atom. The summed E-state index contributed by atoms with van der Waals surface area (Å²) in [4.78, 5) is 41.3. The van der Waals surface area contributed by atoms with Crippen molar-refractivity contribution in [3.05, 3.63) is 45.0 Å². The molecule has 11 heteroatoms. The van der Waals surface area contributed by atoms with E-state index in [0.29, 0.717) is 12.2 Å². The van der Waals surface area contributed by atoms with Crippen LogP contribution < -0.4 is 21.9 Å². The van der Waals surface area contributed by atoms with Crippen molar-refractivity contribution < 1.29 is 17.6 Å². The summed E-state index contributed by atoms with van der Waals surface area (Å²) >= 11 is 0. The monoisotopic (exact) mass is 424 g/mol. The van der Waals surface area contributed by atoms with Gasteiger partial charge in [0.25, 0.3) is 5.56 Å². The third-order valence-corrected chi connectivity index (χ3v) is 6.73. The molecule has 2 aromatic heterocycles. The van der Waals surface area contributed by atoms with E-state index in [2.05, 4.69) is 4.98 Å². The third-order valence-electron chi connectivity index (χ3n) is 4.96. The van der Waals surface area contributed by atoms with Gasteiger partial charge in [0.15, 0.2) is 15.5 Å². The van der Waals surface area contributed by atoms with E-state index in [4.69, 9.17) is 10.2 Å². The van der Waals surface area contributed by atoms with Gasteiger partial charge < -0.3 is 10.2 Å². The maximum absolute atomic E-state index is 13.2. The van der Waals surface area contributed by atoms with Crippen molar-refractivity contribution in [3.8, 4) is 0 Å². The zero-order valence-corrected chi connectivity index (χ0v) is 16.9. The summed E-state index contributed by atoms with van der Waals surface area (Å²) < 4.78 is 30.2. The molecule has 1 saturated heterocycles. The molecule has 1 aliphatic rings. The molecule has 158 valence electrons. The summed E-state index contributed by atoms with van der Waals surface area (Å²) in [6.45, 7) is 2.12. The number of nitrogen functional groups attached to an aromatic ring is 1. The third kappa shape index (κ3) is 4.44. The van der Waals surface area contributed by atoms with Gasteiger partial charge in [0.1, 0.15) is 11.6 Å². The van der Waals surface area contributed by atoms with Gasteiger partial charge in [0, 0.05) is 6.54 Å². The number of carbonyl (C=O) groups is 1. The summed E-state index contributed by atoms with van der Waals surface area (Å²) in [5.74, 6) is -1.43. The summed E-state index contributed by atoms with van der Waals surface area (Å²) in [5.41, 5.74) is 4.51. The van der Waals surface area contributed by atoms with Crippen LogP contribution in [0.25, 0.3) is 0 Å². The van der Waals surface area contributed by atoms with E-state index in [0.717, 1.165) is 11.3 Å². The van der Waals surface area contributed by atoms with Crippen molar-refractivity contribution in [2.24, 2.45) is 5.92 Å². The lowest BCUT2D eigenvalue weighted by molar-refractivity contribution is -0.121. The lowest BCUT2D eigenvalue weighted by Crippen LogP contribution is -2.43. The van der Waals surface area contributed by atoms with Crippen LogP contribution in [0.15, 0.2) is 32.4 Å². The number of nitrogens with one attached hydrogen (secondary N) is 1. The number of H-pyrrole nitrogens is 1.